The number of nitrogens with two attached hydrogens (primary N) is 1. The van der Waals surface area contributed by atoms with E-state index in [0.29, 0.717) is 25.2 Å². The van der Waals surface area contributed by atoms with Gasteiger partial charge in [-0.15, -0.1) is 12.4 Å². The molecule has 1 aromatic rings. The Labute approximate surface area is 138 Å². The summed E-state index contributed by atoms with van der Waals surface area (Å²) >= 11 is 0. The topological polar surface area (TPSA) is 84.2 Å². The van der Waals surface area contributed by atoms with Gasteiger partial charge in [0.15, 0.2) is 0 Å². The predicted octanol–water partition coefficient (Wildman–Crippen LogP) is 1.85. The van der Waals surface area contributed by atoms with Crippen molar-refractivity contribution in [1.82, 2.24) is 10.6 Å². The van der Waals surface area contributed by atoms with Gasteiger partial charge in [0.2, 0.25) is 5.91 Å². The summed E-state index contributed by atoms with van der Waals surface area (Å²) in [5.74, 6) is -0.0974. The maximum Gasteiger partial charge on any atom is 0.251 e. The number of carbonyl (C=O) groups is 2. The molecule has 6 heteroatoms. The third kappa shape index (κ3) is 6.91. The molecule has 0 atom stereocenters. The largest absolute Gasteiger partial charge is 0.352 e. The minimum Gasteiger partial charge on any atom is -0.352 e. The average Bonchev–Trinajstić information content (AvgIpc) is 2.44. The van der Waals surface area contributed by atoms with Gasteiger partial charge in [-0.3, -0.25) is 9.59 Å². The zero-order valence-electron chi connectivity index (χ0n) is 13.4. The SMILES string of the molecule is CC(C)(C)C(=O)NCc1ccc(C(=O)NCCCN)cc1.Cl. The number of halogens is 1. The summed E-state index contributed by atoms with van der Waals surface area (Å²) in [6, 6.07) is 7.22. The second kappa shape index (κ2) is 9.43. The third-order valence-electron chi connectivity index (χ3n) is 3.02. The van der Waals surface area contributed by atoms with Gasteiger partial charge in [-0.1, -0.05) is 32.9 Å². The highest BCUT2D eigenvalue weighted by Crippen LogP contribution is 2.13. The second-order valence-corrected chi connectivity index (χ2v) is 6.03. The summed E-state index contributed by atoms with van der Waals surface area (Å²) in [5.41, 5.74) is 6.55. The van der Waals surface area contributed by atoms with E-state index in [9.17, 15) is 9.59 Å². The molecule has 0 bridgehead atoms. The fourth-order valence-electron chi connectivity index (χ4n) is 1.63. The Bertz CT molecular complexity index is 481. The predicted molar refractivity (Wildman–Crippen MR) is 91.0 cm³/mol. The maximum atomic E-state index is 11.8. The minimum atomic E-state index is -0.400. The molecule has 22 heavy (non-hydrogen) atoms. The Morgan fingerprint density at radius 3 is 2.18 bits per heavy atom. The molecule has 0 spiro atoms. The molecule has 0 fully saturated rings. The summed E-state index contributed by atoms with van der Waals surface area (Å²) in [4.78, 5) is 23.6. The van der Waals surface area contributed by atoms with E-state index in [-0.39, 0.29) is 24.2 Å². The van der Waals surface area contributed by atoms with Crippen LogP contribution in [0.1, 0.15) is 43.1 Å². The van der Waals surface area contributed by atoms with Crippen molar-refractivity contribution >= 4 is 24.2 Å². The Morgan fingerprint density at radius 1 is 1.09 bits per heavy atom. The third-order valence-corrected chi connectivity index (χ3v) is 3.02. The van der Waals surface area contributed by atoms with Crippen molar-refractivity contribution in [3.63, 3.8) is 0 Å². The molecule has 0 aliphatic carbocycles. The van der Waals surface area contributed by atoms with E-state index in [1.165, 1.54) is 0 Å². The Kier molecular flexibility index (Phi) is 8.75. The lowest BCUT2D eigenvalue weighted by Gasteiger charge is -2.17. The average molecular weight is 328 g/mol. The number of hydrogen-bond acceptors (Lipinski definition) is 3. The van der Waals surface area contributed by atoms with Gasteiger partial charge in [0, 0.05) is 24.1 Å². The zero-order chi connectivity index (χ0) is 15.9. The number of hydrogen-bond donors (Lipinski definition) is 3. The van der Waals surface area contributed by atoms with Crippen LogP contribution in [0.3, 0.4) is 0 Å². The zero-order valence-corrected chi connectivity index (χ0v) is 14.3. The van der Waals surface area contributed by atoms with Crippen molar-refractivity contribution in [3.05, 3.63) is 35.4 Å². The molecule has 0 aliphatic rings. The summed E-state index contributed by atoms with van der Waals surface area (Å²) < 4.78 is 0. The van der Waals surface area contributed by atoms with Crippen molar-refractivity contribution in [2.24, 2.45) is 11.1 Å². The molecule has 1 aromatic carbocycles. The molecule has 0 saturated heterocycles. The van der Waals surface area contributed by atoms with Crippen molar-refractivity contribution in [2.75, 3.05) is 13.1 Å². The first kappa shape index (κ1) is 20.4. The van der Waals surface area contributed by atoms with Crippen LogP contribution in [0.4, 0.5) is 0 Å². The fourth-order valence-corrected chi connectivity index (χ4v) is 1.63. The number of benzene rings is 1. The highest BCUT2D eigenvalue weighted by Gasteiger charge is 2.20. The van der Waals surface area contributed by atoms with E-state index < -0.39 is 5.41 Å². The monoisotopic (exact) mass is 327 g/mol. The van der Waals surface area contributed by atoms with Gasteiger partial charge in [-0.25, -0.2) is 0 Å². The maximum absolute atomic E-state index is 11.8. The van der Waals surface area contributed by atoms with Crippen LogP contribution in [-0.2, 0) is 11.3 Å². The summed E-state index contributed by atoms with van der Waals surface area (Å²) in [5, 5.41) is 5.68. The molecular formula is C16H26ClN3O2. The molecule has 5 nitrogen and oxygen atoms in total. The van der Waals surface area contributed by atoms with Crippen molar-refractivity contribution in [1.29, 1.82) is 0 Å². The molecule has 2 amide bonds. The quantitative estimate of drug-likeness (QED) is 0.697. The molecule has 124 valence electrons. The summed E-state index contributed by atoms with van der Waals surface area (Å²) in [7, 11) is 0. The van der Waals surface area contributed by atoms with Gasteiger partial charge < -0.3 is 16.4 Å². The van der Waals surface area contributed by atoms with Crippen LogP contribution in [0.25, 0.3) is 0 Å². The van der Waals surface area contributed by atoms with Gasteiger partial charge >= 0.3 is 0 Å². The highest BCUT2D eigenvalue weighted by atomic mass is 35.5. The summed E-state index contributed by atoms with van der Waals surface area (Å²) in [6.07, 6.45) is 0.767. The Hall–Kier alpha value is -1.59. The van der Waals surface area contributed by atoms with E-state index in [1.807, 2.05) is 32.9 Å². The second-order valence-electron chi connectivity index (χ2n) is 6.03. The number of carbonyl (C=O) groups excluding carboxylic acids is 2. The molecule has 0 aliphatic heterocycles. The molecule has 1 rings (SSSR count). The van der Waals surface area contributed by atoms with Crippen LogP contribution in [-0.4, -0.2) is 24.9 Å². The molecular weight excluding hydrogens is 302 g/mol. The van der Waals surface area contributed by atoms with E-state index in [2.05, 4.69) is 10.6 Å². The molecule has 0 radical (unpaired) electrons. The van der Waals surface area contributed by atoms with Crippen molar-refractivity contribution in [3.8, 4) is 0 Å². The van der Waals surface area contributed by atoms with Crippen LogP contribution < -0.4 is 16.4 Å². The first-order valence-electron chi connectivity index (χ1n) is 7.20. The van der Waals surface area contributed by atoms with Crippen LogP contribution in [0, 0.1) is 5.41 Å². The number of nitrogens with one attached hydrogen (secondary N) is 2. The van der Waals surface area contributed by atoms with Gasteiger partial charge in [0.25, 0.3) is 5.91 Å². The van der Waals surface area contributed by atoms with E-state index in [1.54, 1.807) is 12.1 Å². The van der Waals surface area contributed by atoms with Crippen LogP contribution in [0.2, 0.25) is 0 Å². The normalized spacial score (nSPS) is 10.5. The van der Waals surface area contributed by atoms with Crippen molar-refractivity contribution < 1.29 is 9.59 Å². The molecule has 0 saturated carbocycles. The molecule has 0 heterocycles. The van der Waals surface area contributed by atoms with Crippen LogP contribution >= 0.6 is 12.4 Å². The standard InChI is InChI=1S/C16H25N3O2.ClH/c1-16(2,3)15(21)19-11-12-5-7-13(8-6-12)14(20)18-10-4-9-17;/h5-8H,4,9-11,17H2,1-3H3,(H,18,20)(H,19,21);1H. The molecule has 0 unspecified atom stereocenters. The van der Waals surface area contributed by atoms with E-state index >= 15 is 0 Å². The Balaban J connectivity index is 0.00000441. The number of amides is 2. The van der Waals surface area contributed by atoms with Gasteiger partial charge in [0.05, 0.1) is 0 Å². The molecule has 0 aromatic heterocycles. The lowest BCUT2D eigenvalue weighted by atomic mass is 9.95. The van der Waals surface area contributed by atoms with E-state index in [4.69, 9.17) is 5.73 Å². The van der Waals surface area contributed by atoms with Gasteiger partial charge in [-0.05, 0) is 30.7 Å². The van der Waals surface area contributed by atoms with Gasteiger partial charge in [0.1, 0.15) is 0 Å². The first-order chi connectivity index (χ1) is 9.84. The van der Waals surface area contributed by atoms with Crippen molar-refractivity contribution in [2.45, 2.75) is 33.7 Å². The first-order valence-corrected chi connectivity index (χ1v) is 7.20. The minimum absolute atomic E-state index is 0. The van der Waals surface area contributed by atoms with Crippen LogP contribution in [0.5, 0.6) is 0 Å². The summed E-state index contributed by atoms with van der Waals surface area (Å²) in [6.45, 7) is 7.22. The fraction of sp³-hybridized carbons (Fsp3) is 0.500. The van der Waals surface area contributed by atoms with Crippen LogP contribution in [0.15, 0.2) is 24.3 Å². The highest BCUT2D eigenvalue weighted by molar-refractivity contribution is 5.94. The smallest absolute Gasteiger partial charge is 0.251 e. The Morgan fingerprint density at radius 2 is 1.68 bits per heavy atom. The lowest BCUT2D eigenvalue weighted by molar-refractivity contribution is -0.128. The van der Waals surface area contributed by atoms with E-state index in [0.717, 1.165) is 12.0 Å². The lowest BCUT2D eigenvalue weighted by Crippen LogP contribution is -2.34. The van der Waals surface area contributed by atoms with Gasteiger partial charge in [-0.2, -0.15) is 0 Å². The molecule has 4 N–H and O–H groups in total. The number of rotatable bonds is 6.